The molecular formula is C9H16N2O3S. The van der Waals surface area contributed by atoms with Crippen LogP contribution in [0.4, 0.5) is 4.79 Å². The summed E-state index contributed by atoms with van der Waals surface area (Å²) in [6.07, 6.45) is 2.54. The molecule has 1 unspecified atom stereocenters. The molecule has 1 saturated heterocycles. The normalized spacial score (nSPS) is 20.3. The highest BCUT2D eigenvalue weighted by Crippen LogP contribution is 2.15. The minimum absolute atomic E-state index is 0.146. The molecule has 0 spiro atoms. The Morgan fingerprint density at radius 1 is 1.60 bits per heavy atom. The van der Waals surface area contributed by atoms with Crippen LogP contribution in [0.1, 0.15) is 6.42 Å². The van der Waals surface area contributed by atoms with E-state index in [4.69, 9.17) is 5.11 Å². The first-order valence-electron chi connectivity index (χ1n) is 4.89. The van der Waals surface area contributed by atoms with Gasteiger partial charge in [0, 0.05) is 25.4 Å². The molecule has 0 bridgehead atoms. The van der Waals surface area contributed by atoms with Gasteiger partial charge in [0.25, 0.3) is 0 Å². The van der Waals surface area contributed by atoms with Gasteiger partial charge < -0.3 is 15.3 Å². The Kier molecular flexibility index (Phi) is 4.74. The third-order valence-electron chi connectivity index (χ3n) is 2.41. The lowest BCUT2D eigenvalue weighted by Crippen LogP contribution is -2.39. The topological polar surface area (TPSA) is 69.6 Å². The number of carboxylic acids is 1. The molecule has 1 rings (SSSR count). The lowest BCUT2D eigenvalue weighted by atomic mass is 10.1. The fourth-order valence-corrected chi connectivity index (χ4v) is 1.82. The largest absolute Gasteiger partial charge is 0.481 e. The van der Waals surface area contributed by atoms with Gasteiger partial charge in [-0.1, -0.05) is 0 Å². The fourth-order valence-electron chi connectivity index (χ4n) is 1.52. The van der Waals surface area contributed by atoms with Crippen LogP contribution in [0.3, 0.4) is 0 Å². The average Bonchev–Trinajstić information content (AvgIpc) is 2.66. The van der Waals surface area contributed by atoms with Gasteiger partial charge in [-0.05, 0) is 12.7 Å². The van der Waals surface area contributed by atoms with Crippen LogP contribution in [0.15, 0.2) is 0 Å². The van der Waals surface area contributed by atoms with E-state index in [1.54, 1.807) is 16.7 Å². The molecule has 2 amide bonds. The summed E-state index contributed by atoms with van der Waals surface area (Å²) in [6.45, 7) is 1.51. The predicted molar refractivity (Wildman–Crippen MR) is 59.1 cm³/mol. The molecule has 0 aromatic rings. The summed E-state index contributed by atoms with van der Waals surface area (Å²) < 4.78 is 0. The number of carboxylic acid groups (broad SMARTS) is 1. The van der Waals surface area contributed by atoms with Crippen LogP contribution in [0.5, 0.6) is 0 Å². The number of hydrogen-bond acceptors (Lipinski definition) is 3. The summed E-state index contributed by atoms with van der Waals surface area (Å²) in [5, 5.41) is 11.5. The second kappa shape index (κ2) is 5.85. The summed E-state index contributed by atoms with van der Waals surface area (Å²) in [5.41, 5.74) is 0. The number of thioether (sulfide) groups is 1. The quantitative estimate of drug-likeness (QED) is 0.691. The second-order valence-electron chi connectivity index (χ2n) is 3.49. The van der Waals surface area contributed by atoms with Crippen LogP contribution in [-0.4, -0.2) is 53.6 Å². The van der Waals surface area contributed by atoms with Crippen LogP contribution >= 0.6 is 11.8 Å². The molecule has 0 aromatic heterocycles. The monoisotopic (exact) mass is 232 g/mol. The zero-order chi connectivity index (χ0) is 11.3. The van der Waals surface area contributed by atoms with E-state index in [0.29, 0.717) is 26.1 Å². The van der Waals surface area contributed by atoms with Crippen molar-refractivity contribution in [3.8, 4) is 0 Å². The van der Waals surface area contributed by atoms with Gasteiger partial charge in [0.05, 0.1) is 5.92 Å². The van der Waals surface area contributed by atoms with Crippen molar-refractivity contribution < 1.29 is 14.7 Å². The fraction of sp³-hybridized carbons (Fsp3) is 0.778. The Balaban J connectivity index is 2.27. The van der Waals surface area contributed by atoms with Crippen LogP contribution in [0.2, 0.25) is 0 Å². The van der Waals surface area contributed by atoms with Gasteiger partial charge in [-0.3, -0.25) is 4.79 Å². The first-order valence-corrected chi connectivity index (χ1v) is 6.29. The number of carbonyl (C=O) groups excluding carboxylic acids is 1. The molecule has 1 atom stereocenters. The van der Waals surface area contributed by atoms with E-state index in [2.05, 4.69) is 5.32 Å². The van der Waals surface area contributed by atoms with Crippen molar-refractivity contribution in [2.75, 3.05) is 31.6 Å². The molecule has 0 radical (unpaired) electrons. The number of nitrogens with one attached hydrogen (secondary N) is 1. The number of urea groups is 1. The predicted octanol–water partition coefficient (Wildman–Crippen LogP) is 0.465. The first kappa shape index (κ1) is 12.2. The smallest absolute Gasteiger partial charge is 0.317 e. The van der Waals surface area contributed by atoms with Gasteiger partial charge in [-0.15, -0.1) is 0 Å². The van der Waals surface area contributed by atoms with Crippen molar-refractivity contribution >= 4 is 23.8 Å². The maximum atomic E-state index is 11.5. The first-order chi connectivity index (χ1) is 7.15. The average molecular weight is 232 g/mol. The van der Waals surface area contributed by atoms with Gasteiger partial charge in [-0.25, -0.2) is 4.79 Å². The van der Waals surface area contributed by atoms with Gasteiger partial charge in [0.2, 0.25) is 0 Å². The molecule has 1 aliphatic rings. The number of carbonyl (C=O) groups is 2. The van der Waals surface area contributed by atoms with E-state index < -0.39 is 11.9 Å². The number of hydrogen-bond donors (Lipinski definition) is 2. The molecule has 86 valence electrons. The van der Waals surface area contributed by atoms with Gasteiger partial charge in [-0.2, -0.15) is 11.8 Å². The van der Waals surface area contributed by atoms with Gasteiger partial charge in [0.1, 0.15) is 0 Å². The third kappa shape index (κ3) is 3.62. The van der Waals surface area contributed by atoms with Crippen LogP contribution < -0.4 is 5.32 Å². The van der Waals surface area contributed by atoms with Crippen molar-refractivity contribution in [1.82, 2.24) is 10.2 Å². The molecule has 6 heteroatoms. The van der Waals surface area contributed by atoms with E-state index in [0.717, 1.165) is 5.75 Å². The number of amides is 2. The van der Waals surface area contributed by atoms with Crippen molar-refractivity contribution in [2.45, 2.75) is 6.42 Å². The van der Waals surface area contributed by atoms with E-state index in [1.165, 1.54) is 0 Å². The zero-order valence-corrected chi connectivity index (χ0v) is 9.55. The number of rotatable bonds is 4. The highest BCUT2D eigenvalue weighted by molar-refractivity contribution is 7.98. The zero-order valence-electron chi connectivity index (χ0n) is 8.73. The number of aliphatic carboxylic acids is 1. The van der Waals surface area contributed by atoms with Crippen molar-refractivity contribution in [3.63, 3.8) is 0 Å². The van der Waals surface area contributed by atoms with Crippen molar-refractivity contribution in [1.29, 1.82) is 0 Å². The molecule has 5 nitrogen and oxygen atoms in total. The Morgan fingerprint density at radius 2 is 2.33 bits per heavy atom. The van der Waals surface area contributed by atoms with Crippen LogP contribution in [0.25, 0.3) is 0 Å². The SMILES string of the molecule is CSCCNC(=O)N1CCC(C(=O)O)C1. The Bertz CT molecular complexity index is 248. The summed E-state index contributed by atoms with van der Waals surface area (Å²) in [6, 6.07) is -0.146. The summed E-state index contributed by atoms with van der Waals surface area (Å²) in [4.78, 5) is 23.7. The Hall–Kier alpha value is -0.910. The lowest BCUT2D eigenvalue weighted by Gasteiger charge is -2.16. The Labute approximate surface area is 93.2 Å². The lowest BCUT2D eigenvalue weighted by molar-refractivity contribution is -0.141. The summed E-state index contributed by atoms with van der Waals surface area (Å²) >= 11 is 1.66. The van der Waals surface area contributed by atoms with E-state index >= 15 is 0 Å². The van der Waals surface area contributed by atoms with Gasteiger partial charge >= 0.3 is 12.0 Å². The molecule has 15 heavy (non-hydrogen) atoms. The highest BCUT2D eigenvalue weighted by atomic mass is 32.2. The van der Waals surface area contributed by atoms with Crippen molar-refractivity contribution in [2.24, 2.45) is 5.92 Å². The van der Waals surface area contributed by atoms with Crippen molar-refractivity contribution in [3.05, 3.63) is 0 Å². The van der Waals surface area contributed by atoms with E-state index in [-0.39, 0.29) is 6.03 Å². The maximum Gasteiger partial charge on any atom is 0.317 e. The molecule has 1 fully saturated rings. The molecule has 0 aliphatic carbocycles. The summed E-state index contributed by atoms with van der Waals surface area (Å²) in [7, 11) is 0. The molecular weight excluding hydrogens is 216 g/mol. The summed E-state index contributed by atoms with van der Waals surface area (Å²) in [5.74, 6) is -0.326. The van der Waals surface area contributed by atoms with Crippen LogP contribution in [-0.2, 0) is 4.79 Å². The van der Waals surface area contributed by atoms with Crippen LogP contribution in [0, 0.1) is 5.92 Å². The Morgan fingerprint density at radius 3 is 2.87 bits per heavy atom. The maximum absolute atomic E-state index is 11.5. The van der Waals surface area contributed by atoms with E-state index in [9.17, 15) is 9.59 Å². The standard InChI is InChI=1S/C9H16N2O3S/c1-15-5-3-10-9(14)11-4-2-7(6-11)8(12)13/h7H,2-6H2,1H3,(H,10,14)(H,12,13). The molecule has 1 heterocycles. The molecule has 1 aliphatic heterocycles. The third-order valence-corrected chi connectivity index (χ3v) is 3.02. The molecule has 2 N–H and O–H groups in total. The van der Waals surface area contributed by atoms with Gasteiger partial charge in [0.15, 0.2) is 0 Å². The highest BCUT2D eigenvalue weighted by Gasteiger charge is 2.30. The minimum atomic E-state index is -0.811. The minimum Gasteiger partial charge on any atom is -0.481 e. The number of nitrogens with zero attached hydrogens (tertiary/aromatic N) is 1. The molecule has 0 aromatic carbocycles. The second-order valence-corrected chi connectivity index (χ2v) is 4.48. The molecule has 0 saturated carbocycles. The van der Waals surface area contributed by atoms with E-state index in [1.807, 2.05) is 6.26 Å². The number of likely N-dealkylation sites (tertiary alicyclic amines) is 1.